The van der Waals surface area contributed by atoms with E-state index in [2.05, 4.69) is 24.4 Å². The van der Waals surface area contributed by atoms with Gasteiger partial charge in [0.05, 0.1) is 0 Å². The van der Waals surface area contributed by atoms with Crippen molar-refractivity contribution in [2.24, 2.45) is 0 Å². The molecule has 0 aliphatic carbocycles. The highest BCUT2D eigenvalue weighted by Crippen LogP contribution is 2.22. The molecule has 0 bridgehead atoms. The minimum atomic E-state index is -0.0642. The Bertz CT molecular complexity index is 551. The lowest BCUT2D eigenvalue weighted by Crippen LogP contribution is -2.13. The number of carbonyl (C=O) groups excluding carboxylic acids is 1. The Morgan fingerprint density at radius 3 is 1.73 bits per heavy atom. The molecular weight excluding hydrogens is 270 g/mol. The van der Waals surface area contributed by atoms with Crippen LogP contribution >= 0.6 is 0 Å². The summed E-state index contributed by atoms with van der Waals surface area (Å²) in [5.41, 5.74) is 4.99. The third kappa shape index (κ3) is 5.72. The molecule has 2 aromatic rings. The Morgan fingerprint density at radius 1 is 0.818 bits per heavy atom. The summed E-state index contributed by atoms with van der Waals surface area (Å²) in [7, 11) is 0. The van der Waals surface area contributed by atoms with Gasteiger partial charge in [-0.25, -0.2) is 0 Å². The van der Waals surface area contributed by atoms with Crippen LogP contribution < -0.4 is 5.32 Å². The van der Waals surface area contributed by atoms with Crippen molar-refractivity contribution in [1.29, 1.82) is 0 Å². The molecule has 0 unspecified atom stereocenters. The quantitative estimate of drug-likeness (QED) is 0.733. The molecule has 2 aromatic carbocycles. The van der Waals surface area contributed by atoms with Crippen LogP contribution in [0.5, 0.6) is 0 Å². The van der Waals surface area contributed by atoms with Crippen molar-refractivity contribution >= 4 is 11.6 Å². The number of aryl methyl sites for hydroxylation is 3. The number of carbonyl (C=O) groups is 1. The van der Waals surface area contributed by atoms with Crippen molar-refractivity contribution in [2.75, 3.05) is 5.32 Å². The summed E-state index contributed by atoms with van der Waals surface area (Å²) < 4.78 is 0. The van der Waals surface area contributed by atoms with E-state index in [1.165, 1.54) is 5.56 Å². The van der Waals surface area contributed by atoms with E-state index in [4.69, 9.17) is 0 Å². The van der Waals surface area contributed by atoms with E-state index in [0.29, 0.717) is 5.56 Å². The lowest BCUT2D eigenvalue weighted by Gasteiger charge is -2.12. The molecule has 22 heavy (non-hydrogen) atoms. The van der Waals surface area contributed by atoms with Crippen LogP contribution in [-0.4, -0.2) is 5.91 Å². The van der Waals surface area contributed by atoms with Gasteiger partial charge in [0.25, 0.3) is 5.91 Å². The lowest BCUT2D eigenvalue weighted by molar-refractivity contribution is 0.102. The largest absolute Gasteiger partial charge is 0.322 e. The predicted molar refractivity (Wildman–Crippen MR) is 97.7 cm³/mol. The highest BCUT2D eigenvalue weighted by atomic mass is 16.1. The molecule has 0 spiro atoms. The molecule has 2 rings (SSSR count). The van der Waals surface area contributed by atoms with Crippen LogP contribution in [0.1, 0.15) is 54.7 Å². The third-order valence-corrected chi connectivity index (χ3v) is 2.95. The SMILES string of the molecule is CC.CC.Cc1cc(C)c(NC(=O)c2ccccc2)c(C)c1. The van der Waals surface area contributed by atoms with Gasteiger partial charge < -0.3 is 5.32 Å². The summed E-state index contributed by atoms with van der Waals surface area (Å²) in [6.45, 7) is 14.1. The maximum Gasteiger partial charge on any atom is 0.255 e. The van der Waals surface area contributed by atoms with E-state index < -0.39 is 0 Å². The van der Waals surface area contributed by atoms with Crippen molar-refractivity contribution in [3.8, 4) is 0 Å². The molecule has 0 heterocycles. The molecule has 120 valence electrons. The fraction of sp³-hybridized carbons (Fsp3) is 0.350. The van der Waals surface area contributed by atoms with E-state index >= 15 is 0 Å². The molecule has 0 radical (unpaired) electrons. The average Bonchev–Trinajstić information content (AvgIpc) is 2.55. The van der Waals surface area contributed by atoms with Crippen LogP contribution in [0.4, 0.5) is 5.69 Å². The summed E-state index contributed by atoms with van der Waals surface area (Å²) in [6, 6.07) is 13.4. The van der Waals surface area contributed by atoms with Gasteiger partial charge in [0.2, 0.25) is 0 Å². The van der Waals surface area contributed by atoms with Crippen LogP contribution in [0, 0.1) is 20.8 Å². The van der Waals surface area contributed by atoms with E-state index in [9.17, 15) is 4.79 Å². The molecule has 0 saturated heterocycles. The van der Waals surface area contributed by atoms with Crippen LogP contribution in [0.2, 0.25) is 0 Å². The summed E-state index contributed by atoms with van der Waals surface area (Å²) in [6.07, 6.45) is 0. The molecule has 1 amide bonds. The Kier molecular flexibility index (Phi) is 9.60. The van der Waals surface area contributed by atoms with E-state index in [0.717, 1.165) is 16.8 Å². The Hall–Kier alpha value is -2.09. The Balaban J connectivity index is 0.00000102. The minimum absolute atomic E-state index is 0.0642. The van der Waals surface area contributed by atoms with Crippen LogP contribution in [0.15, 0.2) is 42.5 Å². The molecule has 0 aliphatic rings. The molecule has 2 heteroatoms. The summed E-state index contributed by atoms with van der Waals surface area (Å²) in [4.78, 5) is 12.1. The molecule has 0 atom stereocenters. The normalized spacial score (nSPS) is 8.86. The molecule has 0 saturated carbocycles. The molecule has 1 N–H and O–H groups in total. The molecule has 2 nitrogen and oxygen atoms in total. The smallest absolute Gasteiger partial charge is 0.255 e. The highest BCUT2D eigenvalue weighted by Gasteiger charge is 2.09. The van der Waals surface area contributed by atoms with Crippen molar-refractivity contribution in [1.82, 2.24) is 0 Å². The van der Waals surface area contributed by atoms with E-state index in [1.54, 1.807) is 0 Å². The van der Waals surface area contributed by atoms with E-state index in [1.807, 2.05) is 71.9 Å². The Labute approximate surface area is 135 Å². The minimum Gasteiger partial charge on any atom is -0.322 e. The van der Waals surface area contributed by atoms with Gasteiger partial charge in [-0.05, 0) is 44.0 Å². The zero-order valence-electron chi connectivity index (χ0n) is 14.9. The van der Waals surface area contributed by atoms with Crippen LogP contribution in [0.25, 0.3) is 0 Å². The first-order chi connectivity index (χ1) is 10.6. The molecule has 0 fully saturated rings. The third-order valence-electron chi connectivity index (χ3n) is 2.95. The monoisotopic (exact) mass is 299 g/mol. The van der Waals surface area contributed by atoms with Gasteiger partial charge in [0.1, 0.15) is 0 Å². The molecule has 0 aromatic heterocycles. The first kappa shape index (κ1) is 19.9. The predicted octanol–water partition coefficient (Wildman–Crippen LogP) is 5.92. The van der Waals surface area contributed by atoms with Gasteiger partial charge in [0.15, 0.2) is 0 Å². The van der Waals surface area contributed by atoms with Crippen molar-refractivity contribution in [3.05, 3.63) is 64.7 Å². The van der Waals surface area contributed by atoms with Crippen molar-refractivity contribution < 1.29 is 4.79 Å². The number of rotatable bonds is 2. The second-order valence-corrected chi connectivity index (χ2v) is 4.59. The van der Waals surface area contributed by atoms with Gasteiger partial charge in [0, 0.05) is 11.3 Å². The first-order valence-electron chi connectivity index (χ1n) is 8.02. The molecular formula is C20H29NO. The zero-order valence-corrected chi connectivity index (χ0v) is 14.9. The summed E-state index contributed by atoms with van der Waals surface area (Å²) in [5, 5.41) is 2.98. The van der Waals surface area contributed by atoms with Crippen LogP contribution in [0.3, 0.4) is 0 Å². The van der Waals surface area contributed by atoms with Gasteiger partial charge in [-0.2, -0.15) is 0 Å². The topological polar surface area (TPSA) is 29.1 Å². The zero-order chi connectivity index (χ0) is 17.1. The maximum absolute atomic E-state index is 12.1. The fourth-order valence-corrected chi connectivity index (χ4v) is 2.15. The standard InChI is InChI=1S/C16H17NO.2C2H6/c1-11-9-12(2)15(13(3)10-11)17-16(18)14-7-5-4-6-8-14;2*1-2/h4-10H,1-3H3,(H,17,18);2*1-2H3. The van der Waals surface area contributed by atoms with Gasteiger partial charge in [-0.15, -0.1) is 0 Å². The number of amides is 1. The molecule has 0 aliphatic heterocycles. The second-order valence-electron chi connectivity index (χ2n) is 4.59. The van der Waals surface area contributed by atoms with Gasteiger partial charge >= 0.3 is 0 Å². The van der Waals surface area contributed by atoms with Crippen LogP contribution in [-0.2, 0) is 0 Å². The number of benzene rings is 2. The van der Waals surface area contributed by atoms with E-state index in [-0.39, 0.29) is 5.91 Å². The number of hydrogen-bond donors (Lipinski definition) is 1. The maximum atomic E-state index is 12.1. The number of hydrogen-bond acceptors (Lipinski definition) is 1. The highest BCUT2D eigenvalue weighted by molar-refractivity contribution is 6.05. The lowest BCUT2D eigenvalue weighted by atomic mass is 10.0. The van der Waals surface area contributed by atoms with Crippen molar-refractivity contribution in [2.45, 2.75) is 48.5 Å². The average molecular weight is 299 g/mol. The summed E-state index contributed by atoms with van der Waals surface area (Å²) in [5.74, 6) is -0.0642. The summed E-state index contributed by atoms with van der Waals surface area (Å²) >= 11 is 0. The number of anilines is 1. The van der Waals surface area contributed by atoms with Crippen molar-refractivity contribution in [3.63, 3.8) is 0 Å². The fourth-order valence-electron chi connectivity index (χ4n) is 2.15. The Morgan fingerprint density at radius 2 is 1.27 bits per heavy atom. The van der Waals surface area contributed by atoms with Gasteiger partial charge in [-0.3, -0.25) is 4.79 Å². The number of nitrogens with one attached hydrogen (secondary N) is 1. The first-order valence-corrected chi connectivity index (χ1v) is 8.02. The second kappa shape index (κ2) is 10.6. The van der Waals surface area contributed by atoms with Gasteiger partial charge in [-0.1, -0.05) is 63.6 Å².